The van der Waals surface area contributed by atoms with E-state index in [0.29, 0.717) is 19.7 Å². The smallest absolute Gasteiger partial charge is 0.356 e. The second-order valence-electron chi connectivity index (χ2n) is 6.46. The minimum Gasteiger partial charge on any atom is -0.494 e. The average molecular weight is 351 g/mol. The number of benzene rings is 2. The number of aromatic nitrogens is 2. The van der Waals surface area contributed by atoms with Crippen LogP contribution >= 0.6 is 0 Å². The molecule has 0 aliphatic carbocycles. The topological polar surface area (TPSA) is 67.6 Å². The average Bonchev–Trinajstić information content (AvgIpc) is 3.07. The van der Waals surface area contributed by atoms with Crippen molar-refractivity contribution in [1.29, 1.82) is 0 Å². The highest BCUT2D eigenvalue weighted by atomic mass is 16.5. The molecule has 2 heterocycles. The van der Waals surface area contributed by atoms with Gasteiger partial charge in [-0.25, -0.2) is 4.79 Å². The predicted octanol–water partition coefficient (Wildman–Crippen LogP) is 3.15. The highest BCUT2D eigenvalue weighted by molar-refractivity contribution is 5.87. The molecule has 0 radical (unpaired) electrons. The van der Waals surface area contributed by atoms with Crippen LogP contribution in [0.4, 0.5) is 0 Å². The van der Waals surface area contributed by atoms with Crippen molar-refractivity contribution in [2.24, 2.45) is 0 Å². The first-order valence-electron chi connectivity index (χ1n) is 8.81. The molecule has 1 N–H and O–H groups in total. The number of ether oxygens (including phenoxy) is 1. The lowest BCUT2D eigenvalue weighted by atomic mass is 10.0. The minimum absolute atomic E-state index is 0.113. The summed E-state index contributed by atoms with van der Waals surface area (Å²) in [6.45, 7) is 5.56. The van der Waals surface area contributed by atoms with Gasteiger partial charge in [-0.05, 0) is 29.8 Å². The largest absolute Gasteiger partial charge is 0.494 e. The SMILES string of the molecule is CCOc1ccc2ccccc2c1CN1CCn2nc(C(=O)O)cc2C1. The van der Waals surface area contributed by atoms with Crippen molar-refractivity contribution in [1.82, 2.24) is 14.7 Å². The molecule has 0 amide bonds. The van der Waals surface area contributed by atoms with Crippen LogP contribution in [-0.4, -0.2) is 38.9 Å². The molecule has 6 nitrogen and oxygen atoms in total. The van der Waals surface area contributed by atoms with Gasteiger partial charge in [0, 0.05) is 25.2 Å². The van der Waals surface area contributed by atoms with Crippen molar-refractivity contribution >= 4 is 16.7 Å². The maximum atomic E-state index is 11.1. The van der Waals surface area contributed by atoms with E-state index in [1.165, 1.54) is 16.3 Å². The maximum Gasteiger partial charge on any atom is 0.356 e. The van der Waals surface area contributed by atoms with E-state index in [4.69, 9.17) is 9.84 Å². The fourth-order valence-corrected chi connectivity index (χ4v) is 3.55. The van der Waals surface area contributed by atoms with E-state index in [9.17, 15) is 4.79 Å². The standard InChI is InChI=1S/C20H21N3O3/c1-2-26-19-8-7-14-5-3-4-6-16(14)17(19)13-22-9-10-23-15(12-22)11-18(21-23)20(24)25/h3-8,11H,2,9-10,12-13H2,1H3,(H,24,25). The Labute approximate surface area is 151 Å². The highest BCUT2D eigenvalue weighted by Crippen LogP contribution is 2.30. The molecule has 0 saturated heterocycles. The van der Waals surface area contributed by atoms with Gasteiger partial charge in [0.15, 0.2) is 5.69 Å². The second-order valence-corrected chi connectivity index (χ2v) is 6.46. The van der Waals surface area contributed by atoms with Crippen molar-refractivity contribution < 1.29 is 14.6 Å². The number of carbonyl (C=O) groups is 1. The molecule has 0 bridgehead atoms. The summed E-state index contributed by atoms with van der Waals surface area (Å²) in [7, 11) is 0. The van der Waals surface area contributed by atoms with E-state index in [1.807, 2.05) is 25.1 Å². The van der Waals surface area contributed by atoms with Gasteiger partial charge < -0.3 is 9.84 Å². The van der Waals surface area contributed by atoms with Gasteiger partial charge in [0.2, 0.25) is 0 Å². The quantitative estimate of drug-likeness (QED) is 0.765. The third-order valence-corrected chi connectivity index (χ3v) is 4.78. The summed E-state index contributed by atoms with van der Waals surface area (Å²) in [4.78, 5) is 13.5. The summed E-state index contributed by atoms with van der Waals surface area (Å²) in [5.41, 5.74) is 2.23. The normalized spacial score (nSPS) is 14.3. The van der Waals surface area contributed by atoms with Crippen LogP contribution in [0.15, 0.2) is 42.5 Å². The second kappa shape index (κ2) is 6.80. The van der Waals surface area contributed by atoms with Crippen LogP contribution in [0.2, 0.25) is 0 Å². The van der Waals surface area contributed by atoms with Crippen molar-refractivity contribution in [2.45, 2.75) is 26.6 Å². The third-order valence-electron chi connectivity index (χ3n) is 4.78. The molecule has 3 aromatic rings. The number of nitrogens with zero attached hydrogens (tertiary/aromatic N) is 3. The molecule has 0 atom stereocenters. The van der Waals surface area contributed by atoms with E-state index < -0.39 is 5.97 Å². The van der Waals surface area contributed by atoms with Gasteiger partial charge in [0.05, 0.1) is 18.8 Å². The summed E-state index contributed by atoms with van der Waals surface area (Å²) in [6, 6.07) is 14.1. The zero-order chi connectivity index (χ0) is 18.1. The minimum atomic E-state index is -0.980. The van der Waals surface area contributed by atoms with Crippen LogP contribution in [0.5, 0.6) is 5.75 Å². The van der Waals surface area contributed by atoms with Crippen LogP contribution in [0, 0.1) is 0 Å². The molecule has 26 heavy (non-hydrogen) atoms. The van der Waals surface area contributed by atoms with Gasteiger partial charge >= 0.3 is 5.97 Å². The van der Waals surface area contributed by atoms with Crippen LogP contribution in [-0.2, 0) is 19.6 Å². The fraction of sp³-hybridized carbons (Fsp3) is 0.300. The van der Waals surface area contributed by atoms with E-state index in [0.717, 1.165) is 24.5 Å². The van der Waals surface area contributed by atoms with Gasteiger partial charge in [-0.15, -0.1) is 0 Å². The molecule has 134 valence electrons. The summed E-state index contributed by atoms with van der Waals surface area (Å²) < 4.78 is 7.67. The van der Waals surface area contributed by atoms with Crippen LogP contribution in [0.3, 0.4) is 0 Å². The molecule has 0 saturated carbocycles. The third kappa shape index (κ3) is 3.04. The van der Waals surface area contributed by atoms with Crippen LogP contribution in [0.25, 0.3) is 10.8 Å². The van der Waals surface area contributed by atoms with E-state index in [1.54, 1.807) is 10.7 Å². The molecule has 1 aromatic heterocycles. The van der Waals surface area contributed by atoms with Gasteiger partial charge in [-0.1, -0.05) is 30.3 Å². The van der Waals surface area contributed by atoms with Crippen LogP contribution < -0.4 is 4.74 Å². The first-order valence-corrected chi connectivity index (χ1v) is 8.81. The molecule has 1 aliphatic heterocycles. The number of aromatic carboxylic acids is 1. The van der Waals surface area contributed by atoms with Crippen molar-refractivity contribution in [3.05, 3.63) is 59.4 Å². The monoisotopic (exact) mass is 351 g/mol. The number of hydrogen-bond donors (Lipinski definition) is 1. The lowest BCUT2D eigenvalue weighted by molar-refractivity contribution is 0.0689. The molecule has 0 fully saturated rings. The zero-order valence-corrected chi connectivity index (χ0v) is 14.7. The lowest BCUT2D eigenvalue weighted by Gasteiger charge is -2.28. The number of rotatable bonds is 5. The zero-order valence-electron chi connectivity index (χ0n) is 14.7. The van der Waals surface area contributed by atoms with Gasteiger partial charge in [0.25, 0.3) is 0 Å². The molecule has 6 heteroatoms. The summed E-state index contributed by atoms with van der Waals surface area (Å²) in [6.07, 6.45) is 0. The summed E-state index contributed by atoms with van der Waals surface area (Å²) >= 11 is 0. The van der Waals surface area contributed by atoms with Crippen molar-refractivity contribution in [3.8, 4) is 5.75 Å². The Bertz CT molecular complexity index is 964. The lowest BCUT2D eigenvalue weighted by Crippen LogP contribution is -2.33. The molecule has 1 aliphatic rings. The van der Waals surface area contributed by atoms with E-state index >= 15 is 0 Å². The number of carboxylic acid groups (broad SMARTS) is 1. The Kier molecular flexibility index (Phi) is 4.34. The van der Waals surface area contributed by atoms with Crippen molar-refractivity contribution in [2.75, 3.05) is 13.2 Å². The number of carboxylic acids is 1. The van der Waals surface area contributed by atoms with Crippen molar-refractivity contribution in [3.63, 3.8) is 0 Å². The predicted molar refractivity (Wildman–Crippen MR) is 98.4 cm³/mol. The van der Waals surface area contributed by atoms with E-state index in [2.05, 4.69) is 28.2 Å². The number of fused-ring (bicyclic) bond motifs is 2. The van der Waals surface area contributed by atoms with E-state index in [-0.39, 0.29) is 5.69 Å². The first kappa shape index (κ1) is 16.6. The van der Waals surface area contributed by atoms with Gasteiger partial charge in [-0.2, -0.15) is 5.10 Å². The number of hydrogen-bond acceptors (Lipinski definition) is 4. The Morgan fingerprint density at radius 2 is 2.08 bits per heavy atom. The molecular formula is C20H21N3O3. The first-order chi connectivity index (χ1) is 12.7. The summed E-state index contributed by atoms with van der Waals surface area (Å²) in [5, 5.41) is 15.7. The Balaban J connectivity index is 1.64. The molecule has 4 rings (SSSR count). The molecule has 0 unspecified atom stereocenters. The van der Waals surface area contributed by atoms with Crippen LogP contribution in [0.1, 0.15) is 28.7 Å². The Hall–Kier alpha value is -2.86. The Morgan fingerprint density at radius 3 is 2.88 bits per heavy atom. The fourth-order valence-electron chi connectivity index (χ4n) is 3.55. The highest BCUT2D eigenvalue weighted by Gasteiger charge is 2.22. The van der Waals surface area contributed by atoms with Gasteiger partial charge in [0.1, 0.15) is 5.75 Å². The molecular weight excluding hydrogens is 330 g/mol. The summed E-state index contributed by atoms with van der Waals surface area (Å²) in [5.74, 6) is -0.0670. The molecule has 0 spiro atoms. The maximum absolute atomic E-state index is 11.1. The molecule has 2 aromatic carbocycles. The van der Waals surface area contributed by atoms with Gasteiger partial charge in [-0.3, -0.25) is 9.58 Å². The Morgan fingerprint density at radius 1 is 1.23 bits per heavy atom.